The number of nitrogens with one attached hydrogen (secondary N) is 1. The van der Waals surface area contributed by atoms with Gasteiger partial charge in [-0.05, 0) is 66.2 Å². The van der Waals surface area contributed by atoms with Crippen LogP contribution >= 0.6 is 46.6 Å². The molecule has 0 saturated heterocycles. The number of hydrazone groups is 1. The Morgan fingerprint density at radius 1 is 1.03 bits per heavy atom. The van der Waals surface area contributed by atoms with E-state index in [0.29, 0.717) is 31.6 Å². The molecular weight excluding hydrogens is 529 g/mol. The molecule has 3 aromatic carbocycles. The second-order valence-corrected chi connectivity index (χ2v) is 9.30. The Kier molecular flexibility index (Phi) is 8.30. The second-order valence-electron chi connectivity index (χ2n) is 7.10. The molecule has 0 spiro atoms. The summed E-state index contributed by atoms with van der Waals surface area (Å²) in [6.45, 7) is 0. The third kappa shape index (κ3) is 6.35. The number of hydrogen-bond donors (Lipinski definition) is 1. The third-order valence-corrected chi connectivity index (χ3v) is 6.67. The first kappa shape index (κ1) is 25.1. The number of aromatic nitrogens is 3. The highest BCUT2D eigenvalue weighted by molar-refractivity contribution is 7.99. The maximum atomic E-state index is 12.4. The first-order chi connectivity index (χ1) is 16.9. The fourth-order valence-corrected chi connectivity index (χ4v) is 4.22. The molecule has 0 unspecified atom stereocenters. The van der Waals surface area contributed by atoms with Gasteiger partial charge in [-0.1, -0.05) is 52.6 Å². The van der Waals surface area contributed by atoms with E-state index in [-0.39, 0.29) is 11.7 Å². The number of halogens is 3. The van der Waals surface area contributed by atoms with E-state index >= 15 is 0 Å². The van der Waals surface area contributed by atoms with Crippen molar-refractivity contribution in [1.29, 1.82) is 0 Å². The third-order valence-electron chi connectivity index (χ3n) is 4.75. The average molecular weight is 547 g/mol. The van der Waals surface area contributed by atoms with Gasteiger partial charge in [0.15, 0.2) is 11.0 Å². The van der Waals surface area contributed by atoms with Crippen molar-refractivity contribution >= 4 is 58.7 Å². The van der Waals surface area contributed by atoms with Crippen LogP contribution in [-0.4, -0.2) is 39.7 Å². The molecule has 0 aliphatic carbocycles. The van der Waals surface area contributed by atoms with Gasteiger partial charge >= 0.3 is 0 Å². The number of thioether (sulfide) groups is 1. The van der Waals surface area contributed by atoms with Crippen LogP contribution in [0.2, 0.25) is 15.1 Å². The molecule has 7 nitrogen and oxygen atoms in total. The fourth-order valence-electron chi connectivity index (χ4n) is 3.05. The van der Waals surface area contributed by atoms with E-state index in [1.807, 2.05) is 41.0 Å². The molecule has 1 N–H and O–H groups in total. The molecule has 0 aliphatic rings. The quantitative estimate of drug-likeness (QED) is 0.163. The second kappa shape index (κ2) is 11.6. The van der Waals surface area contributed by atoms with Crippen LogP contribution in [0.15, 0.2) is 77.0 Å². The number of nitrogens with zero attached hydrogens (tertiary/aromatic N) is 4. The summed E-state index contributed by atoms with van der Waals surface area (Å²) in [6, 6.07) is 19.9. The molecule has 4 aromatic rings. The summed E-state index contributed by atoms with van der Waals surface area (Å²) >= 11 is 19.2. The van der Waals surface area contributed by atoms with E-state index < -0.39 is 0 Å². The van der Waals surface area contributed by atoms with Gasteiger partial charge in [0, 0.05) is 16.3 Å². The van der Waals surface area contributed by atoms with Crippen LogP contribution in [0, 0.1) is 0 Å². The van der Waals surface area contributed by atoms with Gasteiger partial charge in [-0.3, -0.25) is 9.36 Å². The molecule has 1 aromatic heterocycles. The Morgan fingerprint density at radius 2 is 1.77 bits per heavy atom. The van der Waals surface area contributed by atoms with Crippen molar-refractivity contribution in [2.24, 2.45) is 5.10 Å². The zero-order chi connectivity index (χ0) is 24.8. The molecule has 11 heteroatoms. The van der Waals surface area contributed by atoms with Gasteiger partial charge in [-0.25, -0.2) is 5.43 Å². The summed E-state index contributed by atoms with van der Waals surface area (Å²) < 4.78 is 7.11. The van der Waals surface area contributed by atoms with Gasteiger partial charge in [-0.15, -0.1) is 10.2 Å². The van der Waals surface area contributed by atoms with Crippen molar-refractivity contribution < 1.29 is 9.53 Å². The summed E-state index contributed by atoms with van der Waals surface area (Å²) in [6.07, 6.45) is 1.49. The smallest absolute Gasteiger partial charge is 0.250 e. The molecule has 0 bridgehead atoms. The lowest BCUT2D eigenvalue weighted by Gasteiger charge is -2.11. The molecule has 0 fully saturated rings. The lowest BCUT2D eigenvalue weighted by Crippen LogP contribution is -2.20. The van der Waals surface area contributed by atoms with Crippen molar-refractivity contribution in [3.63, 3.8) is 0 Å². The highest BCUT2D eigenvalue weighted by Crippen LogP contribution is 2.29. The van der Waals surface area contributed by atoms with Gasteiger partial charge in [0.25, 0.3) is 5.91 Å². The standard InChI is InChI=1S/C24H18Cl3N5O2S/c1-34-19-9-3-16(4-10-19)23-30-31-24(32(23)18-7-5-17(25)6-8-18)35-14-22(33)29-28-13-15-2-11-20(26)21(27)12-15/h2-13H,14H2,1H3,(H,29,33). The van der Waals surface area contributed by atoms with E-state index in [1.54, 1.807) is 37.4 Å². The molecule has 178 valence electrons. The predicted octanol–water partition coefficient (Wildman–Crippen LogP) is 6.15. The Balaban J connectivity index is 1.51. The van der Waals surface area contributed by atoms with Crippen molar-refractivity contribution in [2.75, 3.05) is 12.9 Å². The minimum absolute atomic E-state index is 0.0764. The lowest BCUT2D eigenvalue weighted by atomic mass is 10.2. The van der Waals surface area contributed by atoms with E-state index in [4.69, 9.17) is 39.5 Å². The minimum atomic E-state index is -0.303. The zero-order valence-corrected chi connectivity index (χ0v) is 21.4. The van der Waals surface area contributed by atoms with E-state index in [2.05, 4.69) is 20.7 Å². The van der Waals surface area contributed by atoms with E-state index in [1.165, 1.54) is 18.0 Å². The number of carbonyl (C=O) groups excluding carboxylic acids is 1. The summed E-state index contributed by atoms with van der Waals surface area (Å²) in [5.41, 5.74) is 4.86. The highest BCUT2D eigenvalue weighted by Gasteiger charge is 2.17. The number of benzene rings is 3. The van der Waals surface area contributed by atoms with Crippen molar-refractivity contribution in [3.8, 4) is 22.8 Å². The van der Waals surface area contributed by atoms with E-state index in [9.17, 15) is 4.79 Å². The molecule has 0 radical (unpaired) electrons. The summed E-state index contributed by atoms with van der Waals surface area (Å²) in [4.78, 5) is 12.4. The summed E-state index contributed by atoms with van der Waals surface area (Å²) in [5, 5.41) is 14.7. The minimum Gasteiger partial charge on any atom is -0.497 e. The molecular formula is C24H18Cl3N5O2S. The molecule has 0 aliphatic heterocycles. The van der Waals surface area contributed by atoms with Crippen LogP contribution in [0.25, 0.3) is 17.1 Å². The Labute approximate surface area is 221 Å². The SMILES string of the molecule is COc1ccc(-c2nnc(SCC(=O)NN=Cc3ccc(Cl)c(Cl)c3)n2-c2ccc(Cl)cc2)cc1. The monoisotopic (exact) mass is 545 g/mol. The maximum Gasteiger partial charge on any atom is 0.250 e. The summed E-state index contributed by atoms with van der Waals surface area (Å²) in [5.74, 6) is 1.13. The van der Waals surface area contributed by atoms with Crippen molar-refractivity contribution in [2.45, 2.75) is 5.16 Å². The number of carbonyl (C=O) groups is 1. The first-order valence-electron chi connectivity index (χ1n) is 10.2. The van der Waals surface area contributed by atoms with Gasteiger partial charge in [-0.2, -0.15) is 5.10 Å². The summed E-state index contributed by atoms with van der Waals surface area (Å²) in [7, 11) is 1.61. The van der Waals surface area contributed by atoms with Crippen LogP contribution in [0.1, 0.15) is 5.56 Å². The number of hydrogen-bond acceptors (Lipinski definition) is 6. The largest absolute Gasteiger partial charge is 0.497 e. The van der Waals surface area contributed by atoms with Crippen LogP contribution in [0.3, 0.4) is 0 Å². The Morgan fingerprint density at radius 3 is 2.46 bits per heavy atom. The van der Waals surface area contributed by atoms with Crippen LogP contribution in [0.4, 0.5) is 0 Å². The van der Waals surface area contributed by atoms with Crippen molar-refractivity contribution in [1.82, 2.24) is 20.2 Å². The molecule has 1 heterocycles. The zero-order valence-electron chi connectivity index (χ0n) is 18.3. The number of rotatable bonds is 8. The normalized spacial score (nSPS) is 11.1. The van der Waals surface area contributed by atoms with Crippen molar-refractivity contribution in [3.05, 3.63) is 87.4 Å². The Hall–Kier alpha value is -3.04. The van der Waals surface area contributed by atoms with Crippen LogP contribution in [-0.2, 0) is 4.79 Å². The maximum absolute atomic E-state index is 12.4. The number of ether oxygens (including phenoxy) is 1. The fraction of sp³-hybridized carbons (Fsp3) is 0.0833. The van der Waals surface area contributed by atoms with Gasteiger partial charge in [0.2, 0.25) is 0 Å². The average Bonchev–Trinajstić information content (AvgIpc) is 3.29. The lowest BCUT2D eigenvalue weighted by molar-refractivity contribution is -0.118. The van der Waals surface area contributed by atoms with E-state index in [0.717, 1.165) is 17.0 Å². The molecule has 0 saturated carbocycles. The number of methoxy groups -OCH3 is 1. The molecule has 35 heavy (non-hydrogen) atoms. The molecule has 0 atom stereocenters. The number of amides is 1. The van der Waals surface area contributed by atoms with Crippen LogP contribution in [0.5, 0.6) is 5.75 Å². The van der Waals surface area contributed by atoms with Gasteiger partial charge < -0.3 is 4.74 Å². The van der Waals surface area contributed by atoms with Gasteiger partial charge in [0.05, 0.1) is 29.1 Å². The van der Waals surface area contributed by atoms with Crippen LogP contribution < -0.4 is 10.2 Å². The molecule has 1 amide bonds. The Bertz CT molecular complexity index is 1360. The molecule has 4 rings (SSSR count). The van der Waals surface area contributed by atoms with Gasteiger partial charge in [0.1, 0.15) is 5.75 Å². The predicted molar refractivity (Wildman–Crippen MR) is 141 cm³/mol. The highest BCUT2D eigenvalue weighted by atomic mass is 35.5. The first-order valence-corrected chi connectivity index (χ1v) is 12.3. The topological polar surface area (TPSA) is 81.4 Å².